The molecule has 3 nitrogen and oxygen atoms in total. The van der Waals surface area contributed by atoms with Gasteiger partial charge in [-0.05, 0) is 23.6 Å². The first kappa shape index (κ1) is 17.8. The second-order valence-corrected chi connectivity index (χ2v) is 7.45. The van der Waals surface area contributed by atoms with Crippen LogP contribution in [0.1, 0.15) is 32.8 Å². The number of halogens is 2. The van der Waals surface area contributed by atoms with E-state index in [2.05, 4.69) is 0 Å². The number of hydrogen-bond donors (Lipinski definition) is 0. The lowest BCUT2D eigenvalue weighted by Crippen LogP contribution is -2.34. The molecule has 0 fully saturated rings. The normalized spacial score (nSPS) is 13.7. The zero-order valence-electron chi connectivity index (χ0n) is 12.1. The summed E-state index contributed by atoms with van der Waals surface area (Å²) in [5.74, 6) is 0.566. The van der Waals surface area contributed by atoms with Gasteiger partial charge in [0.2, 0.25) is 10.0 Å². The fourth-order valence-electron chi connectivity index (χ4n) is 1.84. The monoisotopic (exact) mass is 337 g/mol. The van der Waals surface area contributed by atoms with E-state index >= 15 is 0 Å². The summed E-state index contributed by atoms with van der Waals surface area (Å²) in [6.07, 6.45) is 0.932. The Kier molecular flexibility index (Phi) is 6.79. The molecule has 20 heavy (non-hydrogen) atoms. The molecule has 1 atom stereocenters. The molecule has 0 spiro atoms. The Balaban J connectivity index is 3.19. The van der Waals surface area contributed by atoms with Crippen molar-refractivity contribution in [3.8, 4) is 0 Å². The van der Waals surface area contributed by atoms with Crippen molar-refractivity contribution in [2.75, 3.05) is 13.1 Å². The predicted octanol–water partition coefficient (Wildman–Crippen LogP) is 4.14. The minimum Gasteiger partial charge on any atom is -0.207 e. The number of nitrogens with zero attached hydrogens (tertiary/aromatic N) is 1. The van der Waals surface area contributed by atoms with Gasteiger partial charge in [-0.3, -0.25) is 0 Å². The molecule has 1 unspecified atom stereocenters. The highest BCUT2D eigenvalue weighted by molar-refractivity contribution is 7.89. The summed E-state index contributed by atoms with van der Waals surface area (Å²) in [4.78, 5) is 0.141. The number of sulfonamides is 1. The molecule has 0 aromatic heterocycles. The van der Waals surface area contributed by atoms with Crippen molar-refractivity contribution in [1.82, 2.24) is 4.31 Å². The van der Waals surface area contributed by atoms with E-state index in [0.717, 1.165) is 12.0 Å². The van der Waals surface area contributed by atoms with Gasteiger partial charge in [-0.15, -0.1) is 11.6 Å². The Labute approximate surface area is 131 Å². The minimum absolute atomic E-state index is 0.141. The number of hydrogen-bond acceptors (Lipinski definition) is 2. The summed E-state index contributed by atoms with van der Waals surface area (Å²) in [6, 6.07) is 4.88. The van der Waals surface area contributed by atoms with Gasteiger partial charge in [0, 0.05) is 19.0 Å². The lowest BCUT2D eigenvalue weighted by atomic mass is 10.1. The molecule has 0 bridgehead atoms. The van der Waals surface area contributed by atoms with Crippen molar-refractivity contribution in [2.24, 2.45) is 5.92 Å². The highest BCUT2D eigenvalue weighted by Gasteiger charge is 2.26. The predicted molar refractivity (Wildman–Crippen MR) is 84.9 cm³/mol. The third-order valence-corrected chi connectivity index (χ3v) is 6.06. The average molecular weight is 338 g/mol. The first-order valence-electron chi connectivity index (χ1n) is 6.71. The summed E-state index contributed by atoms with van der Waals surface area (Å²) in [5, 5.41) is 0.237. The molecule has 0 saturated heterocycles. The van der Waals surface area contributed by atoms with Crippen LogP contribution in [-0.2, 0) is 15.9 Å². The molecule has 0 aliphatic carbocycles. The van der Waals surface area contributed by atoms with Crippen LogP contribution in [0.15, 0.2) is 23.1 Å². The third-order valence-electron chi connectivity index (χ3n) is 3.33. The van der Waals surface area contributed by atoms with Crippen molar-refractivity contribution in [2.45, 2.75) is 38.0 Å². The van der Waals surface area contributed by atoms with Crippen LogP contribution in [0.4, 0.5) is 0 Å². The smallest absolute Gasteiger partial charge is 0.207 e. The van der Waals surface area contributed by atoms with Crippen LogP contribution >= 0.6 is 23.2 Å². The van der Waals surface area contributed by atoms with E-state index in [-0.39, 0.29) is 15.8 Å². The Hall–Kier alpha value is -0.290. The van der Waals surface area contributed by atoms with Gasteiger partial charge in [0.15, 0.2) is 0 Å². The maximum atomic E-state index is 12.7. The molecule has 1 aromatic rings. The Bertz CT molecular complexity index is 546. The Morgan fingerprint density at radius 2 is 1.95 bits per heavy atom. The topological polar surface area (TPSA) is 37.4 Å². The fourth-order valence-corrected chi connectivity index (χ4v) is 4.10. The summed E-state index contributed by atoms with van der Waals surface area (Å²) < 4.78 is 26.9. The van der Waals surface area contributed by atoms with Gasteiger partial charge >= 0.3 is 0 Å². The summed E-state index contributed by atoms with van der Waals surface area (Å²) in [5.41, 5.74) is 0.745. The van der Waals surface area contributed by atoms with Gasteiger partial charge in [0.1, 0.15) is 4.90 Å². The molecule has 0 aliphatic rings. The largest absolute Gasteiger partial charge is 0.244 e. The number of alkyl halides is 1. The molecule has 1 aromatic carbocycles. The first-order chi connectivity index (χ1) is 9.36. The Morgan fingerprint density at radius 1 is 1.30 bits per heavy atom. The zero-order valence-corrected chi connectivity index (χ0v) is 14.4. The molecule has 1 rings (SSSR count). The van der Waals surface area contributed by atoms with E-state index in [4.69, 9.17) is 23.2 Å². The van der Waals surface area contributed by atoms with E-state index in [9.17, 15) is 8.42 Å². The van der Waals surface area contributed by atoms with E-state index < -0.39 is 10.0 Å². The van der Waals surface area contributed by atoms with Gasteiger partial charge in [-0.25, -0.2) is 8.42 Å². The van der Waals surface area contributed by atoms with Crippen molar-refractivity contribution in [3.63, 3.8) is 0 Å². The van der Waals surface area contributed by atoms with Crippen LogP contribution < -0.4 is 0 Å². The number of rotatable bonds is 7. The standard InChI is InChI=1S/C14H21Cl2NO2S/c1-4-11(3)10-17(5-2)20(18,19)14-8-12(9-15)6-7-13(14)16/h6-8,11H,4-5,9-10H2,1-3H3. The molecule has 0 N–H and O–H groups in total. The summed E-state index contributed by atoms with van der Waals surface area (Å²) in [7, 11) is -3.58. The van der Waals surface area contributed by atoms with Crippen molar-refractivity contribution in [3.05, 3.63) is 28.8 Å². The van der Waals surface area contributed by atoms with E-state index in [1.807, 2.05) is 20.8 Å². The van der Waals surface area contributed by atoms with Crippen LogP contribution in [0.2, 0.25) is 5.02 Å². The lowest BCUT2D eigenvalue weighted by molar-refractivity contribution is 0.361. The maximum absolute atomic E-state index is 12.7. The molecular formula is C14H21Cl2NO2S. The van der Waals surface area contributed by atoms with Crippen molar-refractivity contribution < 1.29 is 8.42 Å². The van der Waals surface area contributed by atoms with Gasteiger partial charge in [-0.1, -0.05) is 44.9 Å². The minimum atomic E-state index is -3.58. The molecule has 0 aliphatic heterocycles. The van der Waals surface area contributed by atoms with E-state index in [1.54, 1.807) is 18.2 Å². The van der Waals surface area contributed by atoms with Crippen molar-refractivity contribution >= 4 is 33.2 Å². The number of benzene rings is 1. The maximum Gasteiger partial charge on any atom is 0.244 e. The van der Waals surface area contributed by atoms with Crippen LogP contribution in [0.5, 0.6) is 0 Å². The molecule has 114 valence electrons. The van der Waals surface area contributed by atoms with E-state index in [1.165, 1.54) is 4.31 Å². The highest BCUT2D eigenvalue weighted by Crippen LogP contribution is 2.27. The molecule has 0 amide bonds. The molecule has 0 radical (unpaired) electrons. The second kappa shape index (κ2) is 7.64. The van der Waals surface area contributed by atoms with Gasteiger partial charge in [-0.2, -0.15) is 4.31 Å². The van der Waals surface area contributed by atoms with E-state index in [0.29, 0.717) is 19.0 Å². The quantitative estimate of drug-likeness (QED) is 0.701. The van der Waals surface area contributed by atoms with Crippen LogP contribution in [0, 0.1) is 5.92 Å². The first-order valence-corrected chi connectivity index (χ1v) is 9.06. The summed E-state index contributed by atoms with van der Waals surface area (Å²) in [6.45, 7) is 6.84. The summed E-state index contributed by atoms with van der Waals surface area (Å²) >= 11 is 11.8. The molecule has 6 heteroatoms. The fraction of sp³-hybridized carbons (Fsp3) is 0.571. The highest BCUT2D eigenvalue weighted by atomic mass is 35.5. The SMILES string of the molecule is CCC(C)CN(CC)S(=O)(=O)c1cc(CCl)ccc1Cl. The van der Waals surface area contributed by atoms with Crippen molar-refractivity contribution in [1.29, 1.82) is 0 Å². The van der Waals surface area contributed by atoms with Crippen LogP contribution in [0.25, 0.3) is 0 Å². The Morgan fingerprint density at radius 3 is 2.45 bits per heavy atom. The average Bonchev–Trinajstić information content (AvgIpc) is 2.44. The molecule has 0 saturated carbocycles. The van der Waals surface area contributed by atoms with Gasteiger partial charge < -0.3 is 0 Å². The van der Waals surface area contributed by atoms with Crippen LogP contribution in [0.3, 0.4) is 0 Å². The van der Waals surface area contributed by atoms with Crippen LogP contribution in [-0.4, -0.2) is 25.8 Å². The zero-order chi connectivity index (χ0) is 15.3. The molecular weight excluding hydrogens is 317 g/mol. The second-order valence-electron chi connectivity index (χ2n) is 4.87. The third kappa shape index (κ3) is 4.10. The lowest BCUT2D eigenvalue weighted by Gasteiger charge is -2.24. The van der Waals surface area contributed by atoms with Gasteiger partial charge in [0.05, 0.1) is 5.02 Å². The van der Waals surface area contributed by atoms with Gasteiger partial charge in [0.25, 0.3) is 0 Å². The molecule has 0 heterocycles.